The van der Waals surface area contributed by atoms with Gasteiger partial charge in [-0.15, -0.1) is 0 Å². The lowest BCUT2D eigenvalue weighted by molar-refractivity contribution is 0.299. The third kappa shape index (κ3) is 6.28. The van der Waals surface area contributed by atoms with E-state index in [9.17, 15) is 0 Å². The summed E-state index contributed by atoms with van der Waals surface area (Å²) in [6.07, 6.45) is 18.3. The summed E-state index contributed by atoms with van der Waals surface area (Å²) in [4.78, 5) is 0. The lowest BCUT2D eigenvalue weighted by Crippen LogP contribution is -2.14. The third-order valence-electron chi connectivity index (χ3n) is 8.77. The van der Waals surface area contributed by atoms with E-state index in [1.807, 2.05) is 12.1 Å². The van der Waals surface area contributed by atoms with E-state index in [4.69, 9.17) is 0 Å². The molecule has 33 heavy (non-hydrogen) atoms. The molecule has 0 saturated heterocycles. The zero-order valence-electron chi connectivity index (χ0n) is 21.1. The molecule has 2 aromatic carbocycles. The maximum atomic E-state index is 15.7. The summed E-state index contributed by atoms with van der Waals surface area (Å²) in [6.45, 7) is 4.58. The van der Waals surface area contributed by atoms with Crippen LogP contribution in [0.3, 0.4) is 0 Å². The average Bonchev–Trinajstić information content (AvgIpc) is 2.86. The van der Waals surface area contributed by atoms with Crippen LogP contribution in [0.5, 0.6) is 0 Å². The number of hydrogen-bond donors (Lipinski definition) is 0. The normalized spacial score (nSPS) is 25.8. The van der Waals surface area contributed by atoms with Gasteiger partial charge in [0.25, 0.3) is 0 Å². The van der Waals surface area contributed by atoms with Crippen molar-refractivity contribution < 1.29 is 4.39 Å². The van der Waals surface area contributed by atoms with E-state index in [2.05, 4.69) is 44.2 Å². The predicted molar refractivity (Wildman–Crippen MR) is 140 cm³/mol. The van der Waals surface area contributed by atoms with Gasteiger partial charge in [0, 0.05) is 5.56 Å². The second-order valence-corrected chi connectivity index (χ2v) is 11.1. The number of hydrogen-bond acceptors (Lipinski definition) is 0. The molecular weight excluding hydrogens is 403 g/mol. The van der Waals surface area contributed by atoms with Crippen LogP contribution in [0.2, 0.25) is 0 Å². The first-order valence-corrected chi connectivity index (χ1v) is 14.1. The Labute approximate surface area is 202 Å². The van der Waals surface area contributed by atoms with Crippen molar-refractivity contribution in [2.45, 2.75) is 116 Å². The Kier molecular flexibility index (Phi) is 9.04. The molecule has 1 heteroatoms. The molecule has 0 unspecified atom stereocenters. The number of benzene rings is 2. The molecule has 2 saturated carbocycles. The molecule has 0 heterocycles. The summed E-state index contributed by atoms with van der Waals surface area (Å²) in [7, 11) is 0. The fraction of sp³-hybridized carbons (Fsp3) is 0.625. The fourth-order valence-electron chi connectivity index (χ4n) is 6.66. The summed E-state index contributed by atoms with van der Waals surface area (Å²) in [5, 5.41) is 0. The van der Waals surface area contributed by atoms with Gasteiger partial charge in [-0.25, -0.2) is 4.39 Å². The molecule has 2 aromatic rings. The smallest absolute Gasteiger partial charge is 0.134 e. The highest BCUT2D eigenvalue weighted by Crippen LogP contribution is 2.41. The summed E-state index contributed by atoms with van der Waals surface area (Å²) in [5.74, 6) is 2.91. The average molecular weight is 449 g/mol. The first kappa shape index (κ1) is 24.5. The van der Waals surface area contributed by atoms with Gasteiger partial charge < -0.3 is 0 Å². The van der Waals surface area contributed by atoms with Gasteiger partial charge in [0.2, 0.25) is 0 Å². The van der Waals surface area contributed by atoms with E-state index in [0.717, 1.165) is 41.4 Å². The molecule has 0 amide bonds. The lowest BCUT2D eigenvalue weighted by atomic mass is 9.76. The molecule has 0 aliphatic heterocycles. The van der Waals surface area contributed by atoms with Crippen LogP contribution in [0.4, 0.5) is 4.39 Å². The minimum Gasteiger partial charge on any atom is -0.206 e. The van der Waals surface area contributed by atoms with Crippen molar-refractivity contribution in [2.75, 3.05) is 0 Å². The maximum absolute atomic E-state index is 15.7. The zero-order chi connectivity index (χ0) is 23.0. The number of unbranched alkanes of at least 4 members (excludes halogenated alkanes) is 2. The van der Waals surface area contributed by atoms with Gasteiger partial charge in [0.1, 0.15) is 5.82 Å². The molecule has 0 N–H and O–H groups in total. The van der Waals surface area contributed by atoms with Gasteiger partial charge in [0.15, 0.2) is 0 Å². The Morgan fingerprint density at radius 1 is 0.667 bits per heavy atom. The molecular formula is C32H45F. The summed E-state index contributed by atoms with van der Waals surface area (Å²) >= 11 is 0. The zero-order valence-corrected chi connectivity index (χ0v) is 21.1. The van der Waals surface area contributed by atoms with Gasteiger partial charge in [-0.05, 0) is 91.7 Å². The molecule has 0 radical (unpaired) electrons. The molecule has 0 nitrogen and oxygen atoms in total. The first-order valence-electron chi connectivity index (χ1n) is 14.1. The summed E-state index contributed by atoms with van der Waals surface area (Å²) in [5.41, 5.74) is 4.23. The van der Waals surface area contributed by atoms with Gasteiger partial charge in [-0.2, -0.15) is 0 Å². The van der Waals surface area contributed by atoms with Gasteiger partial charge in [-0.1, -0.05) is 94.8 Å². The summed E-state index contributed by atoms with van der Waals surface area (Å²) < 4.78 is 15.7. The molecule has 0 spiro atoms. The molecule has 0 atom stereocenters. The molecule has 0 bridgehead atoms. The van der Waals surface area contributed by atoms with Crippen molar-refractivity contribution in [1.82, 2.24) is 0 Å². The van der Waals surface area contributed by atoms with Crippen LogP contribution >= 0.6 is 0 Å². The van der Waals surface area contributed by atoms with E-state index in [0.29, 0.717) is 11.8 Å². The van der Waals surface area contributed by atoms with Crippen molar-refractivity contribution in [3.8, 4) is 11.1 Å². The van der Waals surface area contributed by atoms with Crippen LogP contribution in [0.15, 0.2) is 42.5 Å². The van der Waals surface area contributed by atoms with Crippen LogP contribution in [-0.4, -0.2) is 0 Å². The molecule has 2 fully saturated rings. The highest BCUT2D eigenvalue weighted by molar-refractivity contribution is 5.65. The van der Waals surface area contributed by atoms with Crippen LogP contribution < -0.4 is 0 Å². The largest absolute Gasteiger partial charge is 0.206 e. The van der Waals surface area contributed by atoms with Crippen LogP contribution in [0.1, 0.15) is 127 Å². The van der Waals surface area contributed by atoms with Crippen molar-refractivity contribution in [1.29, 1.82) is 0 Å². The minimum absolute atomic E-state index is 0.0276. The predicted octanol–water partition coefficient (Wildman–Crippen LogP) is 10.4. The van der Waals surface area contributed by atoms with E-state index in [1.165, 1.54) is 82.6 Å². The van der Waals surface area contributed by atoms with Crippen molar-refractivity contribution in [2.24, 2.45) is 11.8 Å². The minimum atomic E-state index is 0.0276. The van der Waals surface area contributed by atoms with Gasteiger partial charge in [0.05, 0.1) is 0 Å². The molecule has 2 aliphatic carbocycles. The molecule has 2 aliphatic rings. The quantitative estimate of drug-likeness (QED) is 0.335. The maximum Gasteiger partial charge on any atom is 0.134 e. The highest BCUT2D eigenvalue weighted by Gasteiger charge is 2.26. The van der Waals surface area contributed by atoms with E-state index in [-0.39, 0.29) is 5.82 Å². The van der Waals surface area contributed by atoms with Gasteiger partial charge in [-0.3, -0.25) is 0 Å². The number of halogens is 1. The Balaban J connectivity index is 1.39. The molecule has 0 aromatic heterocycles. The van der Waals surface area contributed by atoms with Gasteiger partial charge >= 0.3 is 0 Å². The Bertz CT molecular complexity index is 835. The lowest BCUT2D eigenvalue weighted by Gasteiger charge is -2.29. The van der Waals surface area contributed by atoms with Crippen molar-refractivity contribution >= 4 is 0 Å². The van der Waals surface area contributed by atoms with Crippen LogP contribution in [0.25, 0.3) is 11.1 Å². The Morgan fingerprint density at radius 2 is 1.30 bits per heavy atom. The van der Waals surface area contributed by atoms with Crippen molar-refractivity contribution in [3.05, 3.63) is 59.4 Å². The Morgan fingerprint density at radius 3 is 1.94 bits per heavy atom. The standard InChI is InChI=1S/C32H45F/c1-3-5-6-9-25-14-18-28(19-15-25)30-10-7-11-31(32(30)33)29-22-20-27(21-23-29)26-16-12-24(8-4-2)13-17-26/h7,10-11,20-26,28H,3-6,8-9,12-19H2,1-2H3. The second kappa shape index (κ2) is 12.2. The summed E-state index contributed by atoms with van der Waals surface area (Å²) in [6, 6.07) is 15.0. The molecule has 180 valence electrons. The van der Waals surface area contributed by atoms with E-state index >= 15 is 4.39 Å². The van der Waals surface area contributed by atoms with Crippen LogP contribution in [0, 0.1) is 17.7 Å². The Hall–Kier alpha value is -1.63. The van der Waals surface area contributed by atoms with Crippen molar-refractivity contribution in [3.63, 3.8) is 0 Å². The topological polar surface area (TPSA) is 0 Å². The second-order valence-electron chi connectivity index (χ2n) is 11.1. The monoisotopic (exact) mass is 448 g/mol. The highest BCUT2D eigenvalue weighted by atomic mass is 19.1. The fourth-order valence-corrected chi connectivity index (χ4v) is 6.66. The van der Waals surface area contributed by atoms with Crippen LogP contribution in [-0.2, 0) is 0 Å². The van der Waals surface area contributed by atoms with E-state index < -0.39 is 0 Å². The first-order chi connectivity index (χ1) is 16.2. The third-order valence-corrected chi connectivity index (χ3v) is 8.77. The SMILES string of the molecule is CCCCCC1CCC(c2cccc(-c3ccc(C4CCC(CCC)CC4)cc3)c2F)CC1. The van der Waals surface area contributed by atoms with E-state index in [1.54, 1.807) is 0 Å². The molecule has 4 rings (SSSR count). The number of rotatable bonds is 9.